The van der Waals surface area contributed by atoms with Gasteiger partial charge < -0.3 is 14.5 Å². The largest absolute Gasteiger partial charge is 0.483 e. The highest BCUT2D eigenvalue weighted by atomic mass is 16.5. The topological polar surface area (TPSA) is 98.0 Å². The molecule has 1 rings (SSSR count). The van der Waals surface area contributed by atoms with Gasteiger partial charge in [0.1, 0.15) is 17.0 Å². The third-order valence-corrected chi connectivity index (χ3v) is 3.68. The minimum atomic E-state index is -0.814. The van der Waals surface area contributed by atoms with Crippen molar-refractivity contribution in [1.82, 2.24) is 5.32 Å². The lowest BCUT2D eigenvalue weighted by molar-refractivity contribution is 0.0935. The van der Waals surface area contributed by atoms with E-state index in [-0.39, 0.29) is 17.2 Å². The maximum Gasteiger partial charge on any atom is 0.349 e. The van der Waals surface area contributed by atoms with Gasteiger partial charge in [-0.2, -0.15) is 0 Å². The van der Waals surface area contributed by atoms with Crippen LogP contribution in [-0.4, -0.2) is 12.9 Å². The van der Waals surface area contributed by atoms with Crippen LogP contribution in [0.1, 0.15) is 55.6 Å². The molecule has 0 aromatic carbocycles. The van der Waals surface area contributed by atoms with E-state index in [0.29, 0.717) is 24.5 Å². The average molecular weight is 348 g/mol. The second kappa shape index (κ2) is 9.56. The van der Waals surface area contributed by atoms with Crippen molar-refractivity contribution in [2.75, 3.05) is 7.11 Å². The number of rotatable bonds is 10. The zero-order valence-corrected chi connectivity index (χ0v) is 15.0. The van der Waals surface area contributed by atoms with Crippen LogP contribution in [0, 0.1) is 10.8 Å². The molecule has 1 aromatic heterocycles. The van der Waals surface area contributed by atoms with Crippen molar-refractivity contribution >= 4 is 11.5 Å². The third kappa shape index (κ3) is 5.70. The van der Waals surface area contributed by atoms with Gasteiger partial charge in [-0.25, -0.2) is 4.79 Å². The summed E-state index contributed by atoms with van der Waals surface area (Å²) in [4.78, 5) is 35.2. The molecule has 0 aliphatic heterocycles. The van der Waals surface area contributed by atoms with Gasteiger partial charge in [-0.05, 0) is 30.8 Å². The number of allylic oxidation sites excluding steroid dienone is 1. The molecule has 25 heavy (non-hydrogen) atoms. The summed E-state index contributed by atoms with van der Waals surface area (Å²) in [5.41, 5.74) is -1.25. The molecule has 1 N–H and O–H groups in total. The van der Waals surface area contributed by atoms with Crippen molar-refractivity contribution in [1.29, 1.82) is 0 Å². The Balaban J connectivity index is 2.87. The Hall–Kier alpha value is -2.70. The Morgan fingerprint density at radius 2 is 2.12 bits per heavy atom. The van der Waals surface area contributed by atoms with Gasteiger partial charge in [0, 0.05) is 17.9 Å². The van der Waals surface area contributed by atoms with Gasteiger partial charge >= 0.3 is 5.63 Å². The number of hydrogen-bond donors (Lipinski definition) is 1. The summed E-state index contributed by atoms with van der Waals surface area (Å²) in [5, 5.41) is 5.68. The minimum absolute atomic E-state index is 0.119. The minimum Gasteiger partial charge on any atom is -0.483 e. The van der Waals surface area contributed by atoms with E-state index in [0.717, 1.165) is 0 Å². The van der Waals surface area contributed by atoms with Crippen LogP contribution in [0.15, 0.2) is 45.2 Å². The lowest BCUT2D eigenvalue weighted by Crippen LogP contribution is -2.19. The van der Waals surface area contributed by atoms with E-state index in [1.165, 1.54) is 13.2 Å². The van der Waals surface area contributed by atoms with Crippen LogP contribution in [0.5, 0.6) is 0 Å². The van der Waals surface area contributed by atoms with Gasteiger partial charge in [0.15, 0.2) is 11.7 Å². The van der Waals surface area contributed by atoms with Crippen LogP contribution in [0.25, 0.3) is 0 Å². The summed E-state index contributed by atoms with van der Waals surface area (Å²) in [7, 11) is 1.51. The molecule has 0 saturated heterocycles. The van der Waals surface area contributed by atoms with Gasteiger partial charge in [0.05, 0.1) is 7.11 Å². The van der Waals surface area contributed by atoms with E-state index in [2.05, 4.69) is 17.1 Å². The van der Waals surface area contributed by atoms with E-state index in [1.807, 2.05) is 13.0 Å². The molecular weight excluding hydrogens is 324 g/mol. The first-order valence-corrected chi connectivity index (χ1v) is 8.01. The monoisotopic (exact) mass is 348 g/mol. The number of ketones is 1. The van der Waals surface area contributed by atoms with Crippen molar-refractivity contribution in [3.63, 3.8) is 0 Å². The van der Waals surface area contributed by atoms with Gasteiger partial charge in [0.25, 0.3) is 0 Å². The van der Waals surface area contributed by atoms with Gasteiger partial charge in [-0.1, -0.05) is 26.8 Å². The Morgan fingerprint density at radius 3 is 2.68 bits per heavy atom. The Bertz CT molecular complexity index is 719. The predicted octanol–water partition coefficient (Wildman–Crippen LogP) is 3.98. The average Bonchev–Trinajstić information content (AvgIpc) is 2.59. The van der Waals surface area contributed by atoms with Crippen LogP contribution in [0.3, 0.4) is 0 Å². The molecule has 7 nitrogen and oxygen atoms in total. The maximum absolute atomic E-state index is 12.1. The van der Waals surface area contributed by atoms with Crippen molar-refractivity contribution in [3.05, 3.63) is 57.5 Å². The molecule has 1 atom stereocenters. The van der Waals surface area contributed by atoms with E-state index >= 15 is 0 Å². The molecule has 0 aliphatic carbocycles. The van der Waals surface area contributed by atoms with Crippen LogP contribution in [-0.2, 0) is 4.74 Å². The Morgan fingerprint density at radius 1 is 1.44 bits per heavy atom. The van der Waals surface area contributed by atoms with E-state index in [1.54, 1.807) is 20.0 Å². The molecule has 0 fully saturated rings. The number of Topliss-reactive ketones (excluding diaryl/α,β-unsaturated/α-hetero) is 1. The number of ether oxygens (including phenoxy) is 1. The van der Waals surface area contributed by atoms with E-state index in [9.17, 15) is 14.5 Å². The number of hydrogen-bond acceptors (Lipinski definition) is 7. The van der Waals surface area contributed by atoms with Crippen LogP contribution >= 0.6 is 0 Å². The summed E-state index contributed by atoms with van der Waals surface area (Å²) >= 11 is 0. The predicted molar refractivity (Wildman–Crippen MR) is 95.7 cm³/mol. The van der Waals surface area contributed by atoms with Crippen LogP contribution < -0.4 is 10.9 Å². The second-order valence-electron chi connectivity index (χ2n) is 5.96. The van der Waals surface area contributed by atoms with Crippen LogP contribution in [0.2, 0.25) is 0 Å². The molecule has 0 aliphatic rings. The highest BCUT2D eigenvalue weighted by Gasteiger charge is 2.23. The van der Waals surface area contributed by atoms with Crippen molar-refractivity contribution < 1.29 is 13.9 Å². The zero-order valence-electron chi connectivity index (χ0n) is 15.0. The normalized spacial score (nSPS) is 12.2. The Labute approximate surface area is 146 Å². The van der Waals surface area contributed by atoms with Gasteiger partial charge in [0.2, 0.25) is 0 Å². The lowest BCUT2D eigenvalue weighted by Gasteiger charge is -2.11. The molecule has 1 heterocycles. The third-order valence-electron chi connectivity index (χ3n) is 3.68. The molecule has 0 saturated carbocycles. The lowest BCUT2D eigenvalue weighted by atomic mass is 9.98. The molecule has 0 bridgehead atoms. The van der Waals surface area contributed by atoms with E-state index < -0.39 is 17.3 Å². The fraction of sp³-hybridized carbons (Fsp3) is 0.444. The first kappa shape index (κ1) is 20.3. The van der Waals surface area contributed by atoms with Gasteiger partial charge in [-0.15, -0.1) is 4.91 Å². The molecule has 0 amide bonds. The highest BCUT2D eigenvalue weighted by molar-refractivity contribution is 6.01. The Kier molecular flexibility index (Phi) is 7.78. The van der Waals surface area contributed by atoms with Gasteiger partial charge in [-0.3, -0.25) is 4.79 Å². The van der Waals surface area contributed by atoms with Crippen molar-refractivity contribution in [2.45, 2.75) is 39.5 Å². The SMILES string of the molecule is C=C(N/C=C/CCC(C)c1cc(N=O)c(C(=O)C(C)C)c(=O)o1)OC. The summed E-state index contributed by atoms with van der Waals surface area (Å²) in [5.74, 6) is -0.224. The summed E-state index contributed by atoms with van der Waals surface area (Å²) in [6, 6.07) is 1.38. The number of nitroso groups, excluding NO2 is 1. The van der Waals surface area contributed by atoms with Crippen molar-refractivity contribution in [2.24, 2.45) is 11.1 Å². The standard InChI is InChI=1S/C18H24N2O5/c1-11(2)17(21)16-14(20-23)10-15(25-18(16)22)12(3)8-6-7-9-19-13(4)24-5/h7,9-12,19H,4,6,8H2,1-3,5H3/b9-7+. The molecule has 7 heteroatoms. The summed E-state index contributed by atoms with van der Waals surface area (Å²) < 4.78 is 10.1. The summed E-state index contributed by atoms with van der Waals surface area (Å²) in [6.45, 7) is 8.77. The number of nitrogens with zero attached hydrogens (tertiary/aromatic N) is 1. The number of carbonyl (C=O) groups is 1. The molecule has 1 unspecified atom stereocenters. The molecule has 1 aromatic rings. The fourth-order valence-electron chi connectivity index (χ4n) is 2.11. The number of nitrogens with one attached hydrogen (secondary N) is 1. The number of methoxy groups -OCH3 is 1. The summed E-state index contributed by atoms with van der Waals surface area (Å²) in [6.07, 6.45) is 4.97. The smallest absolute Gasteiger partial charge is 0.349 e. The molecule has 0 spiro atoms. The quantitative estimate of drug-likeness (QED) is 0.390. The second-order valence-corrected chi connectivity index (χ2v) is 5.96. The highest BCUT2D eigenvalue weighted by Crippen LogP contribution is 2.26. The molecule has 136 valence electrons. The molecule has 0 radical (unpaired) electrons. The number of carbonyl (C=O) groups excluding carboxylic acids is 1. The van der Waals surface area contributed by atoms with Crippen LogP contribution in [0.4, 0.5) is 5.69 Å². The first-order chi connectivity index (χ1) is 11.8. The maximum atomic E-state index is 12.1. The molecular formula is C18H24N2O5. The van der Waals surface area contributed by atoms with E-state index in [4.69, 9.17) is 9.15 Å². The van der Waals surface area contributed by atoms with Crippen molar-refractivity contribution in [3.8, 4) is 0 Å². The first-order valence-electron chi connectivity index (χ1n) is 8.01. The fourth-order valence-corrected chi connectivity index (χ4v) is 2.11. The zero-order chi connectivity index (χ0) is 19.0.